The summed E-state index contributed by atoms with van der Waals surface area (Å²) in [6, 6.07) is 36.1. The van der Waals surface area contributed by atoms with Gasteiger partial charge >= 0.3 is 13.1 Å². The first-order valence-electron chi connectivity index (χ1n) is 21.4. The van der Waals surface area contributed by atoms with Crippen LogP contribution in [0, 0.1) is 17.8 Å². The summed E-state index contributed by atoms with van der Waals surface area (Å²) < 4.78 is 14.9. The van der Waals surface area contributed by atoms with Crippen LogP contribution >= 0.6 is 15.9 Å². The van der Waals surface area contributed by atoms with Gasteiger partial charge in [0.2, 0.25) is 11.8 Å². The number of halogens is 1. The van der Waals surface area contributed by atoms with Crippen molar-refractivity contribution in [3.8, 4) is 5.75 Å². The van der Waals surface area contributed by atoms with Gasteiger partial charge in [-0.3, -0.25) is 19.3 Å². The normalized spacial score (nSPS) is 20.8. The highest BCUT2D eigenvalue weighted by Gasteiger charge is 2.58. The molecule has 9 nitrogen and oxygen atoms in total. The first-order valence-corrected chi connectivity index (χ1v) is 24.1. The van der Waals surface area contributed by atoms with Crippen molar-refractivity contribution in [2.24, 2.45) is 17.8 Å². The zero-order valence-electron chi connectivity index (χ0n) is 35.1. The lowest BCUT2D eigenvalue weighted by Crippen LogP contribution is -2.66. The maximum absolute atomic E-state index is 14.4. The molecule has 4 aromatic rings. The summed E-state index contributed by atoms with van der Waals surface area (Å²) in [7, 11) is -4.19. The molecule has 2 heterocycles. The molecular formula is C49H55BBrNO8Si. The van der Waals surface area contributed by atoms with Gasteiger partial charge < -0.3 is 24.3 Å². The summed E-state index contributed by atoms with van der Waals surface area (Å²) in [6.45, 7) is 7.15. The van der Waals surface area contributed by atoms with Crippen LogP contribution in [0.25, 0.3) is 11.6 Å². The van der Waals surface area contributed by atoms with Gasteiger partial charge in [0.25, 0.3) is 8.32 Å². The predicted molar refractivity (Wildman–Crippen MR) is 246 cm³/mol. The third-order valence-electron chi connectivity index (χ3n) is 12.7. The van der Waals surface area contributed by atoms with Crippen molar-refractivity contribution in [3.05, 3.63) is 136 Å². The first kappa shape index (κ1) is 44.5. The molecule has 0 unspecified atom stereocenters. The van der Waals surface area contributed by atoms with Gasteiger partial charge in [0.05, 0.1) is 24.5 Å². The number of unbranched alkanes of at least 4 members (excludes halogenated alkanes) is 2. The lowest BCUT2D eigenvalue weighted by molar-refractivity contribution is -0.141. The molecule has 4 aromatic carbocycles. The zero-order chi connectivity index (χ0) is 43.3. The van der Waals surface area contributed by atoms with Crippen molar-refractivity contribution in [2.75, 3.05) is 13.2 Å². The minimum Gasteiger partial charge on any atom is -0.507 e. The van der Waals surface area contributed by atoms with Crippen molar-refractivity contribution >= 4 is 71.2 Å². The summed E-state index contributed by atoms with van der Waals surface area (Å²) >= 11 is 3.55. The van der Waals surface area contributed by atoms with Gasteiger partial charge in [-0.1, -0.05) is 134 Å². The number of fused-ring (bicyclic) bond motifs is 3. The van der Waals surface area contributed by atoms with E-state index in [1.807, 2.05) is 54.6 Å². The van der Waals surface area contributed by atoms with Crippen LogP contribution in [0.4, 0.5) is 0 Å². The Labute approximate surface area is 368 Å². The number of carboxylic acid groups (broad SMARTS) is 1. The Morgan fingerprint density at radius 2 is 1.52 bits per heavy atom. The van der Waals surface area contributed by atoms with E-state index in [0.717, 1.165) is 37.1 Å². The number of rotatable bonds is 16. The van der Waals surface area contributed by atoms with Crippen LogP contribution in [0.5, 0.6) is 5.75 Å². The minimum atomic E-state index is -3.04. The number of aromatic hydroxyl groups is 1. The number of carbonyl (C=O) groups is 3. The Balaban J connectivity index is 1.29. The number of aliphatic carboxylic acids is 1. The predicted octanol–water partition coefficient (Wildman–Crippen LogP) is 8.49. The maximum Gasteiger partial charge on any atom is 0.455 e. The van der Waals surface area contributed by atoms with E-state index in [1.54, 1.807) is 12.1 Å². The molecule has 0 saturated carbocycles. The SMILES string of the molecule is CC(C)(C)[Si](OCC1=C2[C@@H](CC/C(=C/c3cc(Br)ccc3O)c3ccccc3)OB(O)C[C@@H]2[C@@H]2C(=O)N(CCCCCC(=O)O)C(=O)[C@@H]2C1)(c1ccccc1)c1ccccc1. The highest BCUT2D eigenvalue weighted by atomic mass is 79.9. The van der Waals surface area contributed by atoms with E-state index in [-0.39, 0.29) is 48.5 Å². The number of benzene rings is 4. The summed E-state index contributed by atoms with van der Waals surface area (Å²) in [5.74, 6) is -2.86. The number of carboxylic acids is 1. The number of carbonyl (C=O) groups excluding carboxylic acids is 2. The fourth-order valence-corrected chi connectivity index (χ4v) is 14.9. The minimum absolute atomic E-state index is 0.0434. The Morgan fingerprint density at radius 3 is 2.15 bits per heavy atom. The molecule has 7 rings (SSSR count). The first-order chi connectivity index (χ1) is 29.3. The molecule has 2 fully saturated rings. The van der Waals surface area contributed by atoms with E-state index in [2.05, 4.69) is 85.2 Å². The van der Waals surface area contributed by atoms with Crippen LogP contribution in [-0.4, -0.2) is 72.6 Å². The quantitative estimate of drug-likeness (QED) is 0.0336. The lowest BCUT2D eigenvalue weighted by Gasteiger charge is -2.46. The van der Waals surface area contributed by atoms with E-state index in [4.69, 9.17) is 14.2 Å². The average molecular weight is 905 g/mol. The third kappa shape index (κ3) is 9.59. The second-order valence-electron chi connectivity index (χ2n) is 17.6. The van der Waals surface area contributed by atoms with Gasteiger partial charge in [-0.25, -0.2) is 0 Å². The Kier molecular flexibility index (Phi) is 14.0. The largest absolute Gasteiger partial charge is 0.507 e. The molecule has 318 valence electrons. The monoisotopic (exact) mass is 903 g/mol. The number of phenols is 1. The molecule has 3 N–H and O–H groups in total. The highest BCUT2D eigenvalue weighted by Crippen LogP contribution is 2.51. The lowest BCUT2D eigenvalue weighted by atomic mass is 9.58. The van der Waals surface area contributed by atoms with E-state index in [9.17, 15) is 24.5 Å². The molecule has 0 bridgehead atoms. The molecule has 12 heteroatoms. The number of likely N-dealkylation sites (tertiary alicyclic amines) is 1. The molecule has 2 saturated heterocycles. The fraction of sp³-hybridized carbons (Fsp3) is 0.367. The molecule has 61 heavy (non-hydrogen) atoms. The van der Waals surface area contributed by atoms with Crippen LogP contribution in [-0.2, 0) is 23.5 Å². The van der Waals surface area contributed by atoms with Crippen molar-refractivity contribution < 1.29 is 38.7 Å². The van der Waals surface area contributed by atoms with Crippen LogP contribution in [0.1, 0.15) is 76.8 Å². The summed E-state index contributed by atoms with van der Waals surface area (Å²) in [6.07, 6.45) is 4.53. The average Bonchev–Trinajstić information content (AvgIpc) is 3.48. The second-order valence-corrected chi connectivity index (χ2v) is 22.8. The van der Waals surface area contributed by atoms with Crippen molar-refractivity contribution in [3.63, 3.8) is 0 Å². The van der Waals surface area contributed by atoms with Crippen LogP contribution in [0.3, 0.4) is 0 Å². The number of phenolic OH excluding ortho intramolecular Hbond substituents is 1. The van der Waals surface area contributed by atoms with Crippen molar-refractivity contribution in [1.29, 1.82) is 0 Å². The zero-order valence-corrected chi connectivity index (χ0v) is 37.7. The smallest absolute Gasteiger partial charge is 0.455 e. The summed E-state index contributed by atoms with van der Waals surface area (Å²) in [5, 5.41) is 33.4. The van der Waals surface area contributed by atoms with E-state index in [0.29, 0.717) is 44.1 Å². The van der Waals surface area contributed by atoms with Crippen molar-refractivity contribution in [1.82, 2.24) is 4.90 Å². The molecule has 2 aliphatic heterocycles. The van der Waals surface area contributed by atoms with E-state index in [1.165, 1.54) is 4.90 Å². The number of hydrogen-bond donors (Lipinski definition) is 3. The Bertz CT molecular complexity index is 2220. The maximum atomic E-state index is 14.4. The number of allylic oxidation sites excluding steroid dienone is 1. The molecular weight excluding hydrogens is 849 g/mol. The third-order valence-corrected chi connectivity index (χ3v) is 18.2. The van der Waals surface area contributed by atoms with Gasteiger partial charge in [-0.2, -0.15) is 0 Å². The molecule has 3 aliphatic rings. The number of amides is 2. The topological polar surface area (TPSA) is 134 Å². The molecule has 2 amide bonds. The number of hydrogen-bond acceptors (Lipinski definition) is 7. The van der Waals surface area contributed by atoms with Gasteiger partial charge in [0, 0.05) is 23.0 Å². The molecule has 0 radical (unpaired) electrons. The fourth-order valence-electron chi connectivity index (χ4n) is 9.93. The van der Waals surface area contributed by atoms with Crippen LogP contribution < -0.4 is 10.4 Å². The summed E-state index contributed by atoms with van der Waals surface area (Å²) in [5.41, 5.74) is 4.49. The van der Waals surface area contributed by atoms with Crippen LogP contribution in [0.2, 0.25) is 11.4 Å². The number of imide groups is 1. The highest BCUT2D eigenvalue weighted by molar-refractivity contribution is 9.10. The van der Waals surface area contributed by atoms with Gasteiger partial charge in [0.15, 0.2) is 0 Å². The summed E-state index contributed by atoms with van der Waals surface area (Å²) in [4.78, 5) is 41.3. The van der Waals surface area contributed by atoms with Gasteiger partial charge in [0.1, 0.15) is 5.75 Å². The standard InChI is InChI=1S/C49H55BBrNO8Si/c1-49(2,3)61(38-18-10-5-11-19-38,39-20-12-6-13-21-39)59-32-36-30-40-46(48(57)52(47(40)56)27-15-7-14-22-44(54)55)41-31-50(58)60-43(45(36)41)26-23-34(33-16-8-4-9-17-33)28-35-29-37(51)24-25-42(35)53/h4-6,8-13,16-21,24-25,28-29,40-41,43,46,53,58H,7,14-15,22-23,26-27,30-32H2,1-3H3,(H,54,55)/b34-28-/t40-,41+,43-,46-/m1/s1. The molecule has 0 aromatic heterocycles. The Morgan fingerprint density at radius 1 is 0.885 bits per heavy atom. The number of nitrogens with zero attached hydrogens (tertiary/aromatic N) is 1. The van der Waals surface area contributed by atoms with E-state index >= 15 is 0 Å². The van der Waals surface area contributed by atoms with Gasteiger partial charge in [-0.05, 0) is 106 Å². The van der Waals surface area contributed by atoms with E-state index < -0.39 is 45.3 Å². The molecule has 1 aliphatic carbocycles. The second kappa shape index (κ2) is 19.2. The van der Waals surface area contributed by atoms with Gasteiger partial charge in [-0.15, -0.1) is 0 Å². The van der Waals surface area contributed by atoms with Crippen LogP contribution in [0.15, 0.2) is 125 Å². The molecule has 4 atom stereocenters. The van der Waals surface area contributed by atoms with Crippen molar-refractivity contribution in [2.45, 2.75) is 83.2 Å². The molecule has 0 spiro atoms. The Hall–Kier alpha value is -4.59.